The minimum absolute atomic E-state index is 0.0517. The molecule has 0 saturated heterocycles. The van der Waals surface area contributed by atoms with Crippen LogP contribution in [0.4, 0.5) is 5.69 Å². The molecule has 2 aromatic carbocycles. The molecule has 1 amide bonds. The van der Waals surface area contributed by atoms with Gasteiger partial charge in [0.05, 0.1) is 34.6 Å². The first-order valence-electron chi connectivity index (χ1n) is 8.89. The first kappa shape index (κ1) is 20.0. The van der Waals surface area contributed by atoms with Gasteiger partial charge in [-0.05, 0) is 36.4 Å². The van der Waals surface area contributed by atoms with Crippen LogP contribution >= 0.6 is 23.2 Å². The Morgan fingerprint density at radius 3 is 2.70 bits per heavy atom. The lowest BCUT2D eigenvalue weighted by Gasteiger charge is -2.09. The molecule has 0 aliphatic carbocycles. The summed E-state index contributed by atoms with van der Waals surface area (Å²) in [7, 11) is 1.60. The number of carbonyl (C=O) groups excluding carboxylic acids is 1. The van der Waals surface area contributed by atoms with Crippen molar-refractivity contribution in [2.45, 2.75) is 6.73 Å². The number of aromatic nitrogens is 3. The number of fused-ring (bicyclic) bond motifs is 1. The number of anilines is 1. The van der Waals surface area contributed by atoms with E-state index in [0.717, 1.165) is 16.7 Å². The number of nitrogens with one attached hydrogen (secondary N) is 1. The van der Waals surface area contributed by atoms with E-state index < -0.39 is 0 Å². The standard InChI is InChI=1S/C21H16Cl2N4O3/c1-29-15-6-5-13-9-14(11-24-19(13)10-15)25-21(28)18-7-8-27(26-18)12-30-20-16(22)3-2-4-17(20)23/h2-11H,12H2,1H3,(H,25,28). The Hall–Kier alpha value is -3.29. The molecule has 0 bridgehead atoms. The number of ether oxygens (including phenoxy) is 2. The summed E-state index contributed by atoms with van der Waals surface area (Å²) in [5.74, 6) is 0.720. The van der Waals surface area contributed by atoms with E-state index in [2.05, 4.69) is 15.4 Å². The highest BCUT2D eigenvalue weighted by atomic mass is 35.5. The Morgan fingerprint density at radius 1 is 1.13 bits per heavy atom. The van der Waals surface area contributed by atoms with E-state index in [-0.39, 0.29) is 18.3 Å². The molecule has 4 aromatic rings. The second kappa shape index (κ2) is 8.61. The third-order valence-electron chi connectivity index (χ3n) is 4.28. The molecule has 2 heterocycles. The maximum atomic E-state index is 12.5. The van der Waals surface area contributed by atoms with Gasteiger partial charge in [-0.3, -0.25) is 9.78 Å². The van der Waals surface area contributed by atoms with Gasteiger partial charge in [0, 0.05) is 17.6 Å². The SMILES string of the molecule is COc1ccc2cc(NC(=O)c3ccn(COc4c(Cl)cccc4Cl)n3)cnc2c1. The van der Waals surface area contributed by atoms with Crippen LogP contribution in [0.2, 0.25) is 10.0 Å². The molecule has 7 nitrogen and oxygen atoms in total. The molecule has 0 atom stereocenters. The highest BCUT2D eigenvalue weighted by molar-refractivity contribution is 6.37. The molecule has 0 aliphatic rings. The van der Waals surface area contributed by atoms with Gasteiger partial charge in [-0.1, -0.05) is 29.3 Å². The van der Waals surface area contributed by atoms with Crippen molar-refractivity contribution >= 4 is 45.7 Å². The van der Waals surface area contributed by atoms with Crippen LogP contribution < -0.4 is 14.8 Å². The number of nitrogens with zero attached hydrogens (tertiary/aromatic N) is 3. The monoisotopic (exact) mass is 442 g/mol. The Morgan fingerprint density at radius 2 is 1.93 bits per heavy atom. The predicted molar refractivity (Wildman–Crippen MR) is 116 cm³/mol. The molecule has 1 N–H and O–H groups in total. The van der Waals surface area contributed by atoms with Crippen molar-refractivity contribution in [2.24, 2.45) is 0 Å². The fourth-order valence-corrected chi connectivity index (χ4v) is 3.30. The Kier molecular flexibility index (Phi) is 5.74. The van der Waals surface area contributed by atoms with Crippen LogP contribution in [0.3, 0.4) is 0 Å². The summed E-state index contributed by atoms with van der Waals surface area (Å²) in [5.41, 5.74) is 1.57. The summed E-state index contributed by atoms with van der Waals surface area (Å²) in [5, 5.41) is 8.69. The van der Waals surface area contributed by atoms with E-state index in [9.17, 15) is 4.79 Å². The Bertz CT molecular complexity index is 1210. The average molecular weight is 443 g/mol. The number of hydrogen-bond donors (Lipinski definition) is 1. The van der Waals surface area contributed by atoms with E-state index in [1.165, 1.54) is 4.68 Å². The summed E-state index contributed by atoms with van der Waals surface area (Å²) in [6, 6.07) is 14.0. The number of amides is 1. The topological polar surface area (TPSA) is 78.3 Å². The lowest BCUT2D eigenvalue weighted by atomic mass is 10.2. The maximum Gasteiger partial charge on any atom is 0.276 e. The minimum Gasteiger partial charge on any atom is -0.497 e. The van der Waals surface area contributed by atoms with Gasteiger partial charge in [0.15, 0.2) is 18.2 Å². The van der Waals surface area contributed by atoms with Gasteiger partial charge in [0.25, 0.3) is 5.91 Å². The van der Waals surface area contributed by atoms with Crippen molar-refractivity contribution in [3.8, 4) is 11.5 Å². The summed E-state index contributed by atoms with van der Waals surface area (Å²) >= 11 is 12.2. The normalized spacial score (nSPS) is 10.8. The van der Waals surface area contributed by atoms with E-state index >= 15 is 0 Å². The highest BCUT2D eigenvalue weighted by Gasteiger charge is 2.12. The van der Waals surface area contributed by atoms with Crippen molar-refractivity contribution in [1.29, 1.82) is 0 Å². The number of methoxy groups -OCH3 is 1. The summed E-state index contributed by atoms with van der Waals surface area (Å²) in [6.07, 6.45) is 3.21. The molecule has 30 heavy (non-hydrogen) atoms. The number of hydrogen-bond acceptors (Lipinski definition) is 5. The molecular weight excluding hydrogens is 427 g/mol. The summed E-state index contributed by atoms with van der Waals surface area (Å²) < 4.78 is 12.3. The zero-order valence-corrected chi connectivity index (χ0v) is 17.3. The van der Waals surface area contributed by atoms with E-state index in [0.29, 0.717) is 21.5 Å². The maximum absolute atomic E-state index is 12.5. The second-order valence-corrected chi connectivity index (χ2v) is 7.12. The highest BCUT2D eigenvalue weighted by Crippen LogP contribution is 2.32. The van der Waals surface area contributed by atoms with Gasteiger partial charge in [-0.15, -0.1) is 0 Å². The van der Waals surface area contributed by atoms with Gasteiger partial charge in [0.2, 0.25) is 0 Å². The third kappa shape index (κ3) is 4.32. The molecule has 0 spiro atoms. The fourth-order valence-electron chi connectivity index (χ4n) is 2.80. The smallest absolute Gasteiger partial charge is 0.276 e. The summed E-state index contributed by atoms with van der Waals surface area (Å²) in [4.78, 5) is 16.9. The van der Waals surface area contributed by atoms with Crippen LogP contribution in [0, 0.1) is 0 Å². The molecule has 9 heteroatoms. The van der Waals surface area contributed by atoms with Crippen molar-refractivity contribution in [1.82, 2.24) is 14.8 Å². The number of rotatable bonds is 6. The molecule has 4 rings (SSSR count). The molecular formula is C21H16Cl2N4O3. The largest absolute Gasteiger partial charge is 0.497 e. The Labute approximate surface area is 182 Å². The quantitative estimate of drug-likeness (QED) is 0.452. The third-order valence-corrected chi connectivity index (χ3v) is 4.88. The van der Waals surface area contributed by atoms with Crippen LogP contribution in [0.25, 0.3) is 10.9 Å². The van der Waals surface area contributed by atoms with Gasteiger partial charge in [0.1, 0.15) is 5.75 Å². The number of halogens is 2. The van der Waals surface area contributed by atoms with E-state index in [1.807, 2.05) is 24.3 Å². The number of benzene rings is 2. The molecule has 152 valence electrons. The number of pyridine rings is 1. The molecule has 0 aliphatic heterocycles. The van der Waals surface area contributed by atoms with Gasteiger partial charge >= 0.3 is 0 Å². The number of carbonyl (C=O) groups is 1. The van der Waals surface area contributed by atoms with Gasteiger partial charge < -0.3 is 14.8 Å². The fraction of sp³-hybridized carbons (Fsp3) is 0.0952. The molecule has 0 unspecified atom stereocenters. The van der Waals surface area contributed by atoms with Crippen LogP contribution in [0.1, 0.15) is 10.5 Å². The molecule has 0 fully saturated rings. The number of para-hydroxylation sites is 1. The van der Waals surface area contributed by atoms with Crippen LogP contribution in [-0.2, 0) is 6.73 Å². The first-order chi connectivity index (χ1) is 14.5. The van der Waals surface area contributed by atoms with Crippen molar-refractivity contribution in [3.05, 3.63) is 76.7 Å². The van der Waals surface area contributed by atoms with Crippen LogP contribution in [0.15, 0.2) is 60.9 Å². The molecule has 0 saturated carbocycles. The van der Waals surface area contributed by atoms with Crippen LogP contribution in [-0.4, -0.2) is 27.8 Å². The summed E-state index contributed by atoms with van der Waals surface area (Å²) in [6.45, 7) is 0.0517. The zero-order valence-electron chi connectivity index (χ0n) is 15.8. The van der Waals surface area contributed by atoms with E-state index in [4.69, 9.17) is 32.7 Å². The van der Waals surface area contributed by atoms with Gasteiger partial charge in [-0.2, -0.15) is 5.10 Å². The van der Waals surface area contributed by atoms with Crippen LogP contribution in [0.5, 0.6) is 11.5 Å². The lowest BCUT2D eigenvalue weighted by molar-refractivity contribution is 0.102. The van der Waals surface area contributed by atoms with E-state index in [1.54, 1.807) is 43.8 Å². The predicted octanol–water partition coefficient (Wildman–Crippen LogP) is 5.04. The lowest BCUT2D eigenvalue weighted by Crippen LogP contribution is -2.14. The molecule has 2 aromatic heterocycles. The minimum atomic E-state index is -0.362. The average Bonchev–Trinajstić information content (AvgIpc) is 3.22. The Balaban J connectivity index is 1.43. The molecule has 0 radical (unpaired) electrons. The van der Waals surface area contributed by atoms with Crippen molar-refractivity contribution in [2.75, 3.05) is 12.4 Å². The second-order valence-electron chi connectivity index (χ2n) is 6.30. The van der Waals surface area contributed by atoms with Gasteiger partial charge in [-0.25, -0.2) is 4.68 Å². The first-order valence-corrected chi connectivity index (χ1v) is 9.64. The van der Waals surface area contributed by atoms with Crippen molar-refractivity contribution in [3.63, 3.8) is 0 Å². The zero-order chi connectivity index (χ0) is 21.1. The van der Waals surface area contributed by atoms with Crippen molar-refractivity contribution < 1.29 is 14.3 Å².